The van der Waals surface area contributed by atoms with Gasteiger partial charge in [-0.05, 0) is 0 Å². The molecule has 147 valence electrons. The Bertz CT molecular complexity index is 1140. The summed E-state index contributed by atoms with van der Waals surface area (Å²) in [7, 11) is 0. The first-order chi connectivity index (χ1) is 13.3. The van der Waals surface area contributed by atoms with Crippen molar-refractivity contribution < 1.29 is 19.8 Å². The van der Waals surface area contributed by atoms with Gasteiger partial charge in [0, 0.05) is 0 Å². The standard InChI is InChI=1S/C13H9.C7H6.C5H5.CH3.2ClH.Zr/c1-3-7-12-10(5-1)9-11-6-2-4-8-13(11)12;1-7-5-3-2-4-6-7;1-2-4-5-3-1;;;;/h1-5,7-8H,9H2;1-6H;1-3H,4H2;1H3;2*1H;. The van der Waals surface area contributed by atoms with Gasteiger partial charge in [-0.3, -0.25) is 0 Å². The van der Waals surface area contributed by atoms with Crippen molar-refractivity contribution in [1.29, 1.82) is 0 Å². The minimum absolute atomic E-state index is 0. The summed E-state index contributed by atoms with van der Waals surface area (Å²) in [6.07, 6.45) is 9.17. The van der Waals surface area contributed by atoms with Crippen molar-refractivity contribution in [1.82, 2.24) is 0 Å². The van der Waals surface area contributed by atoms with Gasteiger partial charge in [-0.25, -0.2) is 0 Å². The summed E-state index contributed by atoms with van der Waals surface area (Å²) in [5.41, 5.74) is 7.32. The maximum atomic E-state index is 2.66. The van der Waals surface area contributed by atoms with Crippen molar-refractivity contribution in [3.8, 4) is 11.1 Å². The average molecular weight is 500 g/mol. The quantitative estimate of drug-likeness (QED) is 0.297. The molecule has 5 rings (SSSR count). The van der Waals surface area contributed by atoms with Crippen molar-refractivity contribution in [2.45, 2.75) is 17.5 Å². The van der Waals surface area contributed by atoms with E-state index in [1.54, 1.807) is 12.1 Å². The number of hydrogen-bond acceptors (Lipinski definition) is 0. The van der Waals surface area contributed by atoms with E-state index < -0.39 is 19.8 Å². The van der Waals surface area contributed by atoms with Gasteiger partial charge >= 0.3 is 166 Å². The van der Waals surface area contributed by atoms with E-state index in [-0.39, 0.29) is 24.8 Å². The van der Waals surface area contributed by atoms with Crippen molar-refractivity contribution in [3.63, 3.8) is 0 Å². The van der Waals surface area contributed by atoms with Crippen LogP contribution >= 0.6 is 24.8 Å². The Morgan fingerprint density at radius 1 is 0.793 bits per heavy atom. The van der Waals surface area contributed by atoms with Crippen LogP contribution < -0.4 is 3.27 Å². The van der Waals surface area contributed by atoms with Gasteiger partial charge in [0.25, 0.3) is 0 Å². The van der Waals surface area contributed by atoms with Crippen LogP contribution in [0.15, 0.2) is 94.3 Å². The second-order valence-corrected chi connectivity index (χ2v) is 17.3. The fourth-order valence-corrected chi connectivity index (χ4v) is 14.1. The molecule has 0 saturated heterocycles. The molecule has 1 atom stereocenters. The molecule has 0 fully saturated rings. The minimum atomic E-state index is -2.90. The van der Waals surface area contributed by atoms with Crippen molar-refractivity contribution in [2.75, 3.05) is 0 Å². The molecule has 1 unspecified atom stereocenters. The van der Waals surface area contributed by atoms with Crippen LogP contribution in [0.5, 0.6) is 0 Å². The normalized spacial score (nSPS) is 15.3. The third kappa shape index (κ3) is 3.94. The number of rotatable bonds is 3. The summed E-state index contributed by atoms with van der Waals surface area (Å²) in [6.45, 7) is 0. The van der Waals surface area contributed by atoms with Gasteiger partial charge in [0.1, 0.15) is 0 Å². The Kier molecular flexibility index (Phi) is 6.95. The number of allylic oxidation sites excluding steroid dienone is 4. The van der Waals surface area contributed by atoms with Crippen LogP contribution in [-0.4, -0.2) is 3.71 Å². The summed E-state index contributed by atoms with van der Waals surface area (Å²) < 4.78 is 8.58. The van der Waals surface area contributed by atoms with Crippen LogP contribution in [0.4, 0.5) is 0 Å². The van der Waals surface area contributed by atoms with Crippen molar-refractivity contribution in [2.24, 2.45) is 0 Å². The maximum absolute atomic E-state index is 2.90. The molecule has 0 amide bonds. The molecule has 3 aromatic rings. The monoisotopic (exact) mass is 497 g/mol. The van der Waals surface area contributed by atoms with E-state index in [0.29, 0.717) is 0 Å². The Morgan fingerprint density at radius 3 is 2.28 bits per heavy atom. The van der Waals surface area contributed by atoms with Crippen LogP contribution in [0.3, 0.4) is 0 Å². The van der Waals surface area contributed by atoms with Gasteiger partial charge < -0.3 is 0 Å². The molecule has 2 aliphatic carbocycles. The Balaban J connectivity index is 0.00000120. The molecule has 2 aliphatic rings. The molecule has 0 radical (unpaired) electrons. The van der Waals surface area contributed by atoms with Crippen molar-refractivity contribution >= 4 is 31.8 Å². The summed E-state index contributed by atoms with van der Waals surface area (Å²) in [4.78, 5) is 0. The topological polar surface area (TPSA) is 0 Å². The zero-order valence-corrected chi connectivity index (χ0v) is 20.6. The first kappa shape index (κ1) is 22.2. The van der Waals surface area contributed by atoms with Crippen LogP contribution in [0, 0.1) is 0 Å². The number of benzene rings is 3. The summed E-state index contributed by atoms with van der Waals surface area (Å²) in [5.74, 6) is 0. The summed E-state index contributed by atoms with van der Waals surface area (Å²) in [5, 5.41) is 0. The predicted molar refractivity (Wildman–Crippen MR) is 128 cm³/mol. The van der Waals surface area contributed by atoms with Gasteiger partial charge in [0.2, 0.25) is 0 Å². The molecule has 0 nitrogen and oxygen atoms in total. The van der Waals surface area contributed by atoms with E-state index in [4.69, 9.17) is 0 Å². The van der Waals surface area contributed by atoms with Gasteiger partial charge in [0.15, 0.2) is 0 Å². The third-order valence-electron chi connectivity index (χ3n) is 6.10. The fraction of sp³-hybridized carbons (Fsp3) is 0.115. The third-order valence-corrected chi connectivity index (χ3v) is 16.4. The molecular formula is C26H25Cl2Zr. The van der Waals surface area contributed by atoms with Crippen molar-refractivity contribution in [3.05, 3.63) is 111 Å². The Morgan fingerprint density at radius 2 is 1.52 bits per heavy atom. The van der Waals surface area contributed by atoms with Gasteiger partial charge in [-0.15, -0.1) is 24.8 Å². The molecule has 0 aromatic heterocycles. The Hall–Kier alpha value is -1.53. The Labute approximate surface area is 190 Å². The predicted octanol–water partition coefficient (Wildman–Crippen LogP) is 6.62. The van der Waals surface area contributed by atoms with Crippen LogP contribution in [0.25, 0.3) is 11.1 Å². The number of halogens is 2. The molecular weight excluding hydrogens is 474 g/mol. The molecule has 29 heavy (non-hydrogen) atoms. The average Bonchev–Trinajstić information content (AvgIpc) is 3.37. The van der Waals surface area contributed by atoms with E-state index in [2.05, 4.69) is 99.4 Å². The number of hydrogen-bond donors (Lipinski definition) is 0. The van der Waals surface area contributed by atoms with Crippen LogP contribution in [-0.2, 0) is 26.2 Å². The van der Waals surface area contributed by atoms with Crippen LogP contribution in [0.2, 0.25) is 4.63 Å². The second kappa shape index (κ2) is 9.09. The van der Waals surface area contributed by atoms with Gasteiger partial charge in [-0.1, -0.05) is 0 Å². The molecule has 0 bridgehead atoms. The van der Waals surface area contributed by atoms with E-state index >= 15 is 0 Å². The van der Waals surface area contributed by atoms with Gasteiger partial charge in [-0.2, -0.15) is 0 Å². The first-order valence-electron chi connectivity index (χ1n) is 9.73. The molecule has 3 heteroatoms. The zero-order chi connectivity index (χ0) is 18.3. The molecule has 0 heterocycles. The molecule has 0 aliphatic heterocycles. The first-order valence-corrected chi connectivity index (χ1v) is 16.1. The molecule has 3 aromatic carbocycles. The van der Waals surface area contributed by atoms with E-state index in [0.717, 1.165) is 12.8 Å². The SMILES string of the molecule is Cl.Cl.[CH3][Zr](=[CH]c1ccccc1)([C]1=CC=CC1)[c]1cccc2c1Cc1ccccc1-2. The number of fused-ring (bicyclic) bond motifs is 3. The van der Waals surface area contributed by atoms with E-state index in [9.17, 15) is 0 Å². The van der Waals surface area contributed by atoms with E-state index in [1.807, 2.05) is 0 Å². The second-order valence-electron chi connectivity index (χ2n) is 7.75. The molecule has 0 saturated carbocycles. The van der Waals surface area contributed by atoms with Crippen LogP contribution in [0.1, 0.15) is 23.1 Å². The summed E-state index contributed by atoms with van der Waals surface area (Å²) in [6, 6.07) is 26.9. The molecule has 0 spiro atoms. The van der Waals surface area contributed by atoms with E-state index in [1.165, 1.54) is 22.3 Å². The molecule has 0 N–H and O–H groups in total. The van der Waals surface area contributed by atoms with Gasteiger partial charge in [0.05, 0.1) is 0 Å². The fourth-order valence-electron chi connectivity index (χ4n) is 4.70. The summed E-state index contributed by atoms with van der Waals surface area (Å²) >= 11 is -2.90. The zero-order valence-electron chi connectivity index (χ0n) is 16.5.